The van der Waals surface area contributed by atoms with E-state index in [1.165, 1.54) is 23.5 Å². The summed E-state index contributed by atoms with van der Waals surface area (Å²) >= 11 is 1.17. The molecule has 3 heterocycles. The molecule has 3 atom stereocenters. The van der Waals surface area contributed by atoms with Gasteiger partial charge < -0.3 is 16.0 Å². The Labute approximate surface area is 198 Å². The van der Waals surface area contributed by atoms with Gasteiger partial charge in [-0.1, -0.05) is 41.7 Å². The van der Waals surface area contributed by atoms with Crippen LogP contribution in [-0.2, 0) is 0 Å². The largest absolute Gasteiger partial charge is 0.375 e. The van der Waals surface area contributed by atoms with Crippen LogP contribution in [0.3, 0.4) is 0 Å². The second-order valence-corrected chi connectivity index (χ2v) is 9.78. The summed E-state index contributed by atoms with van der Waals surface area (Å²) in [6.07, 6.45) is 1.03. The standard InChI is InChI=1S/C24H21FN6O2S/c25-14-5-3-4-12(8-14)21-20(28-24(26)34-21)23(33)31-11-13-9-16(13)18(31)10-27-22(32)19-15-6-1-2-7-17(15)29-30-19/h1-8,13,16,18H,9-11H2,(H2,26,28)(H,27,32)(H,29,30)/t13-,16-,18+/m0/s1. The second-order valence-electron chi connectivity index (χ2n) is 8.75. The van der Waals surface area contributed by atoms with E-state index in [9.17, 15) is 14.0 Å². The lowest BCUT2D eigenvalue weighted by Gasteiger charge is -2.27. The normalized spacial score (nSPS) is 21.0. The monoisotopic (exact) mass is 476 g/mol. The number of fused-ring (bicyclic) bond motifs is 2. The molecule has 2 aromatic heterocycles. The number of nitrogens with zero attached hydrogens (tertiary/aromatic N) is 3. The Morgan fingerprint density at radius 1 is 1.21 bits per heavy atom. The lowest BCUT2D eigenvalue weighted by Crippen LogP contribution is -2.45. The van der Waals surface area contributed by atoms with Crippen molar-refractivity contribution in [2.24, 2.45) is 11.8 Å². The van der Waals surface area contributed by atoms with E-state index in [4.69, 9.17) is 5.73 Å². The first-order valence-electron chi connectivity index (χ1n) is 11.0. The fourth-order valence-electron chi connectivity index (χ4n) is 4.93. The molecule has 1 saturated carbocycles. The lowest BCUT2D eigenvalue weighted by atomic mass is 10.1. The summed E-state index contributed by atoms with van der Waals surface area (Å²) in [4.78, 5) is 33.0. The Morgan fingerprint density at radius 2 is 2.06 bits per heavy atom. The molecule has 172 valence electrons. The zero-order valence-corrected chi connectivity index (χ0v) is 18.8. The van der Waals surface area contributed by atoms with E-state index in [1.54, 1.807) is 17.0 Å². The molecule has 0 spiro atoms. The number of hydrogen-bond donors (Lipinski definition) is 3. The number of amides is 2. The topological polar surface area (TPSA) is 117 Å². The molecule has 4 N–H and O–H groups in total. The van der Waals surface area contributed by atoms with E-state index in [0.717, 1.165) is 17.3 Å². The maximum absolute atomic E-state index is 13.8. The minimum atomic E-state index is -0.392. The Balaban J connectivity index is 1.23. The molecule has 1 aliphatic carbocycles. The second kappa shape index (κ2) is 7.91. The summed E-state index contributed by atoms with van der Waals surface area (Å²) < 4.78 is 13.8. The summed E-state index contributed by atoms with van der Waals surface area (Å²) in [5, 5.41) is 11.0. The number of nitrogens with one attached hydrogen (secondary N) is 2. The smallest absolute Gasteiger partial charge is 0.274 e. The van der Waals surface area contributed by atoms with E-state index in [-0.39, 0.29) is 28.7 Å². The summed E-state index contributed by atoms with van der Waals surface area (Å²) in [6.45, 7) is 0.928. The first-order valence-corrected chi connectivity index (χ1v) is 11.9. The molecule has 4 aromatic rings. The Bertz CT molecular complexity index is 1430. The van der Waals surface area contributed by atoms with Gasteiger partial charge in [0.25, 0.3) is 11.8 Å². The van der Waals surface area contributed by atoms with Crippen molar-refractivity contribution < 1.29 is 14.0 Å². The average molecular weight is 477 g/mol. The molecule has 6 rings (SSSR count). The van der Waals surface area contributed by atoms with E-state index in [1.807, 2.05) is 24.3 Å². The zero-order valence-electron chi connectivity index (χ0n) is 18.0. The quantitative estimate of drug-likeness (QED) is 0.409. The number of rotatable bonds is 5. The molecule has 8 nitrogen and oxygen atoms in total. The van der Waals surface area contributed by atoms with Gasteiger partial charge in [-0.3, -0.25) is 14.7 Å². The molecule has 2 aliphatic rings. The molecule has 34 heavy (non-hydrogen) atoms. The van der Waals surface area contributed by atoms with E-state index in [2.05, 4.69) is 20.5 Å². The van der Waals surface area contributed by atoms with Gasteiger partial charge >= 0.3 is 0 Å². The SMILES string of the molecule is Nc1nc(C(=O)N2C[C@@H]3C[C@@H]3[C@H]2CNC(=O)c2n[nH]c3ccccc23)c(-c2cccc(F)c2)s1. The molecule has 0 radical (unpaired) electrons. The molecular weight excluding hydrogens is 455 g/mol. The molecule has 2 aromatic carbocycles. The number of benzene rings is 2. The van der Waals surface area contributed by atoms with Crippen molar-refractivity contribution in [2.45, 2.75) is 12.5 Å². The van der Waals surface area contributed by atoms with Crippen LogP contribution in [0.4, 0.5) is 9.52 Å². The number of hydrogen-bond acceptors (Lipinski definition) is 6. The van der Waals surface area contributed by atoms with Crippen LogP contribution >= 0.6 is 11.3 Å². The molecule has 2 fully saturated rings. The van der Waals surface area contributed by atoms with Crippen LogP contribution in [0.2, 0.25) is 0 Å². The van der Waals surface area contributed by atoms with Gasteiger partial charge in [0.05, 0.1) is 16.4 Å². The van der Waals surface area contributed by atoms with Gasteiger partial charge in [0, 0.05) is 18.5 Å². The third-order valence-electron chi connectivity index (χ3n) is 6.65. The van der Waals surface area contributed by atoms with Crippen molar-refractivity contribution in [1.29, 1.82) is 0 Å². The minimum absolute atomic E-state index is 0.144. The molecule has 1 saturated heterocycles. The number of nitrogens with two attached hydrogens (primary N) is 1. The lowest BCUT2D eigenvalue weighted by molar-refractivity contribution is 0.0690. The van der Waals surface area contributed by atoms with Crippen LogP contribution in [0.15, 0.2) is 48.5 Å². The molecule has 0 unspecified atom stereocenters. The highest BCUT2D eigenvalue weighted by Gasteiger charge is 2.54. The number of aromatic amines is 1. The third-order valence-corrected chi connectivity index (χ3v) is 7.59. The number of H-pyrrole nitrogens is 1. The van der Waals surface area contributed by atoms with Crippen molar-refractivity contribution in [3.63, 3.8) is 0 Å². The maximum atomic E-state index is 13.8. The summed E-state index contributed by atoms with van der Waals surface area (Å²) in [6, 6.07) is 13.4. The van der Waals surface area contributed by atoms with E-state index < -0.39 is 5.82 Å². The van der Waals surface area contributed by atoms with E-state index >= 15 is 0 Å². The minimum Gasteiger partial charge on any atom is -0.375 e. The number of anilines is 1. The van der Waals surface area contributed by atoms with Gasteiger partial charge in [-0.25, -0.2) is 9.37 Å². The highest BCUT2D eigenvalue weighted by atomic mass is 32.1. The number of carbonyl (C=O) groups is 2. The summed E-state index contributed by atoms with van der Waals surface area (Å²) in [5.41, 5.74) is 7.85. The van der Waals surface area contributed by atoms with Crippen molar-refractivity contribution >= 4 is 39.2 Å². The van der Waals surface area contributed by atoms with Gasteiger partial charge in [-0.2, -0.15) is 5.10 Å². The van der Waals surface area contributed by atoms with Gasteiger partial charge in [-0.15, -0.1) is 0 Å². The average Bonchev–Trinajstić information content (AvgIpc) is 3.17. The van der Waals surface area contributed by atoms with Crippen molar-refractivity contribution in [1.82, 2.24) is 25.4 Å². The van der Waals surface area contributed by atoms with Crippen LogP contribution in [0.25, 0.3) is 21.3 Å². The van der Waals surface area contributed by atoms with Crippen molar-refractivity contribution in [3.8, 4) is 10.4 Å². The van der Waals surface area contributed by atoms with Crippen LogP contribution in [0, 0.1) is 17.7 Å². The fourth-order valence-corrected chi connectivity index (χ4v) is 5.75. The third kappa shape index (κ3) is 3.50. The number of thiazole rings is 1. The molecule has 0 bridgehead atoms. The highest BCUT2D eigenvalue weighted by molar-refractivity contribution is 7.19. The van der Waals surface area contributed by atoms with E-state index in [0.29, 0.717) is 41.1 Å². The highest BCUT2D eigenvalue weighted by Crippen LogP contribution is 2.50. The Hall–Kier alpha value is -3.79. The van der Waals surface area contributed by atoms with Crippen molar-refractivity contribution in [2.75, 3.05) is 18.8 Å². The molecule has 1 aliphatic heterocycles. The molecule has 10 heteroatoms. The number of nitrogen functional groups attached to an aromatic ring is 1. The number of para-hydroxylation sites is 1. The maximum Gasteiger partial charge on any atom is 0.274 e. The number of likely N-dealkylation sites (tertiary alicyclic amines) is 1. The predicted molar refractivity (Wildman–Crippen MR) is 127 cm³/mol. The molecule has 2 amide bonds. The first-order chi connectivity index (χ1) is 16.5. The van der Waals surface area contributed by atoms with Gasteiger partial charge in [0.1, 0.15) is 11.5 Å². The summed E-state index contributed by atoms with van der Waals surface area (Å²) in [5.74, 6) is -0.160. The zero-order chi connectivity index (χ0) is 23.4. The summed E-state index contributed by atoms with van der Waals surface area (Å²) in [7, 11) is 0. The number of carbonyl (C=O) groups excluding carboxylic acids is 2. The molecular formula is C24H21FN6O2S. The number of aromatic nitrogens is 3. The van der Waals surface area contributed by atoms with Crippen molar-refractivity contribution in [3.05, 3.63) is 65.7 Å². The first kappa shape index (κ1) is 20.8. The van der Waals surface area contributed by atoms with Crippen LogP contribution < -0.4 is 11.1 Å². The van der Waals surface area contributed by atoms with Gasteiger partial charge in [-0.05, 0) is 42.0 Å². The number of halogens is 1. The van der Waals surface area contributed by atoms with Gasteiger partial charge in [0.2, 0.25) is 0 Å². The number of piperidine rings is 1. The Kier molecular flexibility index (Phi) is 4.84. The predicted octanol–water partition coefficient (Wildman–Crippen LogP) is 3.30. The fraction of sp³-hybridized carbons (Fsp3) is 0.250. The van der Waals surface area contributed by atoms with Gasteiger partial charge in [0.15, 0.2) is 10.8 Å². The Morgan fingerprint density at radius 3 is 2.91 bits per heavy atom. The van der Waals surface area contributed by atoms with Crippen LogP contribution in [0.1, 0.15) is 27.4 Å². The van der Waals surface area contributed by atoms with Crippen LogP contribution in [-0.4, -0.2) is 51.0 Å². The van der Waals surface area contributed by atoms with Crippen LogP contribution in [0.5, 0.6) is 0 Å².